The highest BCUT2D eigenvalue weighted by atomic mass is 16.3. The number of benzene rings is 1. The number of carbonyl (C=O) groups is 1. The molecule has 3 aromatic heterocycles. The molecule has 0 atom stereocenters. The maximum absolute atomic E-state index is 12.9. The highest BCUT2D eigenvalue weighted by Crippen LogP contribution is 2.23. The molecule has 1 aromatic carbocycles. The van der Waals surface area contributed by atoms with Crippen LogP contribution in [0.3, 0.4) is 0 Å². The Kier molecular flexibility index (Phi) is 5.87. The highest BCUT2D eigenvalue weighted by Gasteiger charge is 2.20. The van der Waals surface area contributed by atoms with Crippen molar-refractivity contribution in [2.75, 3.05) is 11.9 Å². The quantitative estimate of drug-likeness (QED) is 0.418. The normalized spacial score (nSPS) is 18.5. The fraction of sp³-hybridized carbons (Fsp3) is 0.375. The predicted octanol–water partition coefficient (Wildman–Crippen LogP) is 2.67. The van der Waals surface area contributed by atoms with E-state index in [0.717, 1.165) is 42.5 Å². The fourth-order valence-corrected chi connectivity index (χ4v) is 4.24. The SMILES string of the molecule is Cc1ccn2cc(CCNC(=O)c3cccc4cnc(NC5CCC(O)CC5)nc34)nc2n1. The van der Waals surface area contributed by atoms with Gasteiger partial charge in [-0.2, -0.15) is 0 Å². The highest BCUT2D eigenvalue weighted by molar-refractivity contribution is 6.05. The average molecular weight is 446 g/mol. The Morgan fingerprint density at radius 3 is 2.85 bits per heavy atom. The van der Waals surface area contributed by atoms with Crippen LogP contribution in [0.4, 0.5) is 5.95 Å². The molecular formula is C24H27N7O2. The van der Waals surface area contributed by atoms with Crippen molar-refractivity contribution in [3.63, 3.8) is 0 Å². The molecule has 0 saturated heterocycles. The summed E-state index contributed by atoms with van der Waals surface area (Å²) in [6.07, 6.45) is 9.31. The summed E-state index contributed by atoms with van der Waals surface area (Å²) in [6.45, 7) is 2.39. The van der Waals surface area contributed by atoms with Gasteiger partial charge in [-0.25, -0.2) is 19.9 Å². The third kappa shape index (κ3) is 4.78. The molecule has 0 aliphatic heterocycles. The van der Waals surface area contributed by atoms with Crippen molar-refractivity contribution in [2.45, 2.75) is 51.2 Å². The molecule has 1 aliphatic carbocycles. The van der Waals surface area contributed by atoms with Gasteiger partial charge in [0.1, 0.15) is 0 Å². The molecule has 3 N–H and O–H groups in total. The number of amides is 1. The first-order chi connectivity index (χ1) is 16.0. The number of hydrogen-bond donors (Lipinski definition) is 3. The van der Waals surface area contributed by atoms with Crippen LogP contribution in [0.15, 0.2) is 42.9 Å². The molecule has 3 heterocycles. The largest absolute Gasteiger partial charge is 0.393 e. The van der Waals surface area contributed by atoms with Gasteiger partial charge in [-0.3, -0.25) is 9.20 Å². The van der Waals surface area contributed by atoms with Crippen LogP contribution in [-0.4, -0.2) is 54.0 Å². The van der Waals surface area contributed by atoms with Gasteiger partial charge in [0.15, 0.2) is 0 Å². The number of hydrogen-bond acceptors (Lipinski definition) is 7. The fourth-order valence-electron chi connectivity index (χ4n) is 4.24. The van der Waals surface area contributed by atoms with Gasteiger partial charge in [0.25, 0.3) is 5.91 Å². The lowest BCUT2D eigenvalue weighted by atomic mass is 9.93. The van der Waals surface area contributed by atoms with Crippen molar-refractivity contribution < 1.29 is 9.90 Å². The number of aryl methyl sites for hydroxylation is 1. The third-order valence-electron chi connectivity index (χ3n) is 6.07. The molecule has 1 aliphatic rings. The van der Waals surface area contributed by atoms with E-state index in [1.165, 1.54) is 0 Å². The van der Waals surface area contributed by atoms with Crippen LogP contribution < -0.4 is 10.6 Å². The van der Waals surface area contributed by atoms with Crippen molar-refractivity contribution in [1.82, 2.24) is 29.7 Å². The first-order valence-corrected chi connectivity index (χ1v) is 11.3. The lowest BCUT2D eigenvalue weighted by molar-refractivity contribution is 0.0955. The minimum Gasteiger partial charge on any atom is -0.393 e. The van der Waals surface area contributed by atoms with Gasteiger partial charge >= 0.3 is 0 Å². The number of anilines is 1. The van der Waals surface area contributed by atoms with E-state index in [0.29, 0.717) is 35.8 Å². The zero-order valence-corrected chi connectivity index (χ0v) is 18.5. The van der Waals surface area contributed by atoms with Gasteiger partial charge in [0, 0.05) is 48.7 Å². The van der Waals surface area contributed by atoms with E-state index in [1.807, 2.05) is 41.9 Å². The second kappa shape index (κ2) is 9.11. The van der Waals surface area contributed by atoms with Gasteiger partial charge in [0.2, 0.25) is 11.7 Å². The molecule has 9 nitrogen and oxygen atoms in total. The first kappa shape index (κ1) is 21.3. The minimum atomic E-state index is -0.211. The molecule has 9 heteroatoms. The number of carbonyl (C=O) groups excluding carboxylic acids is 1. The first-order valence-electron chi connectivity index (χ1n) is 11.3. The van der Waals surface area contributed by atoms with Crippen molar-refractivity contribution in [2.24, 2.45) is 0 Å². The van der Waals surface area contributed by atoms with Crippen LogP contribution in [-0.2, 0) is 6.42 Å². The van der Waals surface area contributed by atoms with Crippen LogP contribution in [0.25, 0.3) is 16.7 Å². The van der Waals surface area contributed by atoms with Crippen LogP contribution in [0.1, 0.15) is 47.4 Å². The van der Waals surface area contributed by atoms with E-state index in [9.17, 15) is 9.90 Å². The molecule has 170 valence electrons. The van der Waals surface area contributed by atoms with E-state index < -0.39 is 0 Å². The van der Waals surface area contributed by atoms with Gasteiger partial charge in [0.05, 0.1) is 22.9 Å². The van der Waals surface area contributed by atoms with E-state index in [4.69, 9.17) is 0 Å². The number of fused-ring (bicyclic) bond motifs is 2. The molecule has 1 amide bonds. The molecule has 0 bridgehead atoms. The lowest BCUT2D eigenvalue weighted by Crippen LogP contribution is -2.29. The Balaban J connectivity index is 1.27. The van der Waals surface area contributed by atoms with E-state index >= 15 is 0 Å². The summed E-state index contributed by atoms with van der Waals surface area (Å²) in [7, 11) is 0. The Morgan fingerprint density at radius 1 is 1.15 bits per heavy atom. The third-order valence-corrected chi connectivity index (χ3v) is 6.07. The number of nitrogens with one attached hydrogen (secondary N) is 2. The van der Waals surface area contributed by atoms with Crippen LogP contribution in [0.2, 0.25) is 0 Å². The number of rotatable bonds is 6. The minimum absolute atomic E-state index is 0.177. The maximum atomic E-state index is 12.9. The Labute approximate surface area is 191 Å². The summed E-state index contributed by atoms with van der Waals surface area (Å²) in [5, 5.41) is 16.9. The molecule has 33 heavy (non-hydrogen) atoms. The zero-order valence-electron chi connectivity index (χ0n) is 18.5. The zero-order chi connectivity index (χ0) is 22.8. The Bertz CT molecular complexity index is 1290. The monoisotopic (exact) mass is 445 g/mol. The van der Waals surface area contributed by atoms with Gasteiger partial charge in [-0.1, -0.05) is 12.1 Å². The molecule has 0 unspecified atom stereocenters. The molecule has 0 spiro atoms. The number of aliphatic hydroxyl groups is 1. The molecule has 5 rings (SSSR count). The van der Waals surface area contributed by atoms with Crippen molar-refractivity contribution in [3.05, 3.63) is 59.8 Å². The average Bonchev–Trinajstić information content (AvgIpc) is 3.22. The van der Waals surface area contributed by atoms with Crippen LogP contribution >= 0.6 is 0 Å². The Hall–Kier alpha value is -3.59. The lowest BCUT2D eigenvalue weighted by Gasteiger charge is -2.26. The van der Waals surface area contributed by atoms with Crippen LogP contribution in [0, 0.1) is 6.92 Å². The topological polar surface area (TPSA) is 117 Å². The number of aromatic nitrogens is 5. The maximum Gasteiger partial charge on any atom is 0.253 e. The molecular weight excluding hydrogens is 418 g/mol. The van der Waals surface area contributed by atoms with Crippen LogP contribution in [0.5, 0.6) is 0 Å². The summed E-state index contributed by atoms with van der Waals surface area (Å²) < 4.78 is 1.88. The van der Waals surface area contributed by atoms with Crippen molar-refractivity contribution in [1.29, 1.82) is 0 Å². The number of imidazole rings is 1. The summed E-state index contributed by atoms with van der Waals surface area (Å²) in [5.41, 5.74) is 2.93. The summed E-state index contributed by atoms with van der Waals surface area (Å²) in [6, 6.07) is 7.69. The van der Waals surface area contributed by atoms with Gasteiger partial charge in [-0.05, 0) is 44.7 Å². The summed E-state index contributed by atoms with van der Waals surface area (Å²) in [5.74, 6) is 0.995. The van der Waals surface area contributed by atoms with Crippen molar-refractivity contribution >= 4 is 28.5 Å². The second-order valence-corrected chi connectivity index (χ2v) is 8.60. The smallest absolute Gasteiger partial charge is 0.253 e. The van der Waals surface area contributed by atoms with E-state index in [2.05, 4.69) is 30.6 Å². The summed E-state index contributed by atoms with van der Waals surface area (Å²) >= 11 is 0. The second-order valence-electron chi connectivity index (χ2n) is 8.60. The molecule has 4 aromatic rings. The number of para-hydroxylation sites is 1. The predicted molar refractivity (Wildman–Crippen MR) is 125 cm³/mol. The van der Waals surface area contributed by atoms with E-state index in [-0.39, 0.29) is 18.1 Å². The number of nitrogens with zero attached hydrogens (tertiary/aromatic N) is 5. The standard InChI is InChI=1S/C24H27N7O2/c1-15-10-12-31-14-18(29-24(31)27-15)9-11-25-22(33)20-4-2-3-16-13-26-23(30-21(16)20)28-17-5-7-19(32)8-6-17/h2-4,10,12-14,17,19,32H,5-9,11H2,1H3,(H,25,33)(H,26,28,30). The number of aliphatic hydroxyl groups excluding tert-OH is 1. The Morgan fingerprint density at radius 2 is 2.00 bits per heavy atom. The van der Waals surface area contributed by atoms with Gasteiger partial charge in [-0.15, -0.1) is 0 Å². The molecule has 1 saturated carbocycles. The molecule has 0 radical (unpaired) electrons. The summed E-state index contributed by atoms with van der Waals surface area (Å²) in [4.78, 5) is 30.9. The van der Waals surface area contributed by atoms with Gasteiger partial charge < -0.3 is 15.7 Å². The van der Waals surface area contributed by atoms with Crippen molar-refractivity contribution in [3.8, 4) is 0 Å². The molecule has 1 fully saturated rings. The van der Waals surface area contributed by atoms with E-state index in [1.54, 1.807) is 12.3 Å².